The predicted octanol–water partition coefficient (Wildman–Crippen LogP) is 1.20. The standard InChI is InChI=1S/C10H6O5/c1-5-10(13)15-7-3-2-6(9(11)12)4-8(7)14-5/h2-4H,1H2,(H,11,12). The Kier molecular flexibility index (Phi) is 1.93. The van der Waals surface area contributed by atoms with E-state index in [4.69, 9.17) is 14.6 Å². The molecule has 5 heteroatoms. The van der Waals surface area contributed by atoms with E-state index in [0.717, 1.165) is 0 Å². The Morgan fingerprint density at radius 3 is 2.67 bits per heavy atom. The van der Waals surface area contributed by atoms with Gasteiger partial charge in [-0.3, -0.25) is 0 Å². The normalized spacial score (nSPS) is 13.9. The number of carboxylic acids is 1. The van der Waals surface area contributed by atoms with Gasteiger partial charge in [0.25, 0.3) is 0 Å². The molecule has 1 N–H and O–H groups in total. The maximum Gasteiger partial charge on any atom is 0.379 e. The monoisotopic (exact) mass is 206 g/mol. The Morgan fingerprint density at radius 2 is 2.00 bits per heavy atom. The highest BCUT2D eigenvalue weighted by Gasteiger charge is 2.23. The third kappa shape index (κ3) is 1.54. The minimum atomic E-state index is -1.08. The molecule has 0 atom stereocenters. The van der Waals surface area contributed by atoms with Crippen LogP contribution in [0.2, 0.25) is 0 Å². The zero-order valence-corrected chi connectivity index (χ0v) is 7.52. The summed E-state index contributed by atoms with van der Waals surface area (Å²) < 4.78 is 9.82. The Balaban J connectivity index is 2.46. The van der Waals surface area contributed by atoms with Gasteiger partial charge in [-0.05, 0) is 24.8 Å². The summed E-state index contributed by atoms with van der Waals surface area (Å²) in [6.45, 7) is 3.32. The van der Waals surface area contributed by atoms with Crippen molar-refractivity contribution in [3.8, 4) is 11.5 Å². The molecular formula is C10H6O5. The molecule has 1 aliphatic heterocycles. The Labute approximate surface area is 84.5 Å². The molecule has 0 bridgehead atoms. The first-order valence-electron chi connectivity index (χ1n) is 4.04. The lowest BCUT2D eigenvalue weighted by molar-refractivity contribution is -0.133. The number of benzene rings is 1. The molecule has 0 unspecified atom stereocenters. The van der Waals surface area contributed by atoms with Crippen LogP contribution in [0.4, 0.5) is 0 Å². The topological polar surface area (TPSA) is 72.8 Å². The van der Waals surface area contributed by atoms with Gasteiger partial charge < -0.3 is 14.6 Å². The quantitative estimate of drug-likeness (QED) is 0.424. The van der Waals surface area contributed by atoms with Gasteiger partial charge in [-0.25, -0.2) is 9.59 Å². The van der Waals surface area contributed by atoms with Crippen molar-refractivity contribution in [2.45, 2.75) is 0 Å². The summed E-state index contributed by atoms with van der Waals surface area (Å²) in [4.78, 5) is 21.7. The van der Waals surface area contributed by atoms with Crippen LogP contribution in [-0.4, -0.2) is 17.0 Å². The van der Waals surface area contributed by atoms with E-state index >= 15 is 0 Å². The van der Waals surface area contributed by atoms with E-state index in [9.17, 15) is 9.59 Å². The molecule has 1 heterocycles. The van der Waals surface area contributed by atoms with Crippen molar-refractivity contribution in [3.63, 3.8) is 0 Å². The van der Waals surface area contributed by atoms with Gasteiger partial charge >= 0.3 is 11.9 Å². The lowest BCUT2D eigenvalue weighted by atomic mass is 10.2. The molecule has 0 fully saturated rings. The number of aromatic carboxylic acids is 1. The van der Waals surface area contributed by atoms with Gasteiger partial charge in [0.15, 0.2) is 11.5 Å². The molecule has 1 aromatic carbocycles. The summed E-state index contributed by atoms with van der Waals surface area (Å²) >= 11 is 0. The second-order valence-electron chi connectivity index (χ2n) is 2.88. The number of rotatable bonds is 1. The lowest BCUT2D eigenvalue weighted by Crippen LogP contribution is -2.20. The molecule has 5 nitrogen and oxygen atoms in total. The highest BCUT2D eigenvalue weighted by molar-refractivity contribution is 5.92. The zero-order chi connectivity index (χ0) is 11.0. The highest BCUT2D eigenvalue weighted by atomic mass is 16.6. The van der Waals surface area contributed by atoms with Gasteiger partial charge in [0.2, 0.25) is 5.76 Å². The number of ether oxygens (including phenoxy) is 2. The van der Waals surface area contributed by atoms with E-state index in [-0.39, 0.29) is 22.8 Å². The molecular weight excluding hydrogens is 200 g/mol. The smallest absolute Gasteiger partial charge is 0.379 e. The third-order valence-electron chi connectivity index (χ3n) is 1.85. The molecule has 0 spiro atoms. The minimum absolute atomic E-state index is 0.0551. The number of carbonyl (C=O) groups excluding carboxylic acids is 1. The highest BCUT2D eigenvalue weighted by Crippen LogP contribution is 2.33. The summed E-state index contributed by atoms with van der Waals surface area (Å²) in [5.41, 5.74) is 0.0551. The molecule has 0 amide bonds. The third-order valence-corrected chi connectivity index (χ3v) is 1.85. The Hall–Kier alpha value is -2.30. The van der Waals surface area contributed by atoms with Crippen molar-refractivity contribution in [3.05, 3.63) is 36.1 Å². The SMILES string of the molecule is C=C1Oc2cc(C(=O)O)ccc2OC1=O. The number of hydrogen-bond acceptors (Lipinski definition) is 4. The molecule has 0 radical (unpaired) electrons. The average Bonchev–Trinajstić information content (AvgIpc) is 2.19. The minimum Gasteiger partial charge on any atom is -0.478 e. The van der Waals surface area contributed by atoms with Gasteiger partial charge in [-0.15, -0.1) is 0 Å². The van der Waals surface area contributed by atoms with Crippen molar-refractivity contribution in [2.24, 2.45) is 0 Å². The summed E-state index contributed by atoms with van der Waals surface area (Å²) in [5.74, 6) is -1.54. The van der Waals surface area contributed by atoms with E-state index in [2.05, 4.69) is 6.58 Å². The maximum absolute atomic E-state index is 11.0. The van der Waals surface area contributed by atoms with Crippen LogP contribution < -0.4 is 9.47 Å². The summed E-state index contributed by atoms with van der Waals surface area (Å²) in [6.07, 6.45) is 0. The molecule has 0 saturated heterocycles. The van der Waals surface area contributed by atoms with E-state index in [1.54, 1.807) is 0 Å². The number of carboxylic acid groups (broad SMARTS) is 1. The van der Waals surface area contributed by atoms with Crippen LogP contribution in [-0.2, 0) is 4.79 Å². The van der Waals surface area contributed by atoms with E-state index < -0.39 is 11.9 Å². The van der Waals surface area contributed by atoms with E-state index in [1.165, 1.54) is 18.2 Å². The van der Waals surface area contributed by atoms with Gasteiger partial charge in [0.1, 0.15) is 0 Å². The van der Waals surface area contributed by atoms with Crippen molar-refractivity contribution in [1.29, 1.82) is 0 Å². The fourth-order valence-electron chi connectivity index (χ4n) is 1.14. The fourth-order valence-corrected chi connectivity index (χ4v) is 1.14. The molecule has 76 valence electrons. The second kappa shape index (κ2) is 3.13. The molecule has 15 heavy (non-hydrogen) atoms. The molecule has 1 aliphatic rings. The van der Waals surface area contributed by atoms with Gasteiger partial charge in [0, 0.05) is 0 Å². The van der Waals surface area contributed by atoms with Crippen LogP contribution in [0.5, 0.6) is 11.5 Å². The predicted molar refractivity (Wildman–Crippen MR) is 48.8 cm³/mol. The zero-order valence-electron chi connectivity index (χ0n) is 7.52. The van der Waals surface area contributed by atoms with Crippen LogP contribution >= 0.6 is 0 Å². The lowest BCUT2D eigenvalue weighted by Gasteiger charge is -2.17. The summed E-state index contributed by atoms with van der Waals surface area (Å²) in [6, 6.07) is 3.96. The van der Waals surface area contributed by atoms with E-state index in [1.807, 2.05) is 0 Å². The van der Waals surface area contributed by atoms with Crippen LogP contribution in [0.1, 0.15) is 10.4 Å². The largest absolute Gasteiger partial charge is 0.478 e. The van der Waals surface area contributed by atoms with Crippen molar-refractivity contribution in [2.75, 3.05) is 0 Å². The fraction of sp³-hybridized carbons (Fsp3) is 0. The molecule has 2 rings (SSSR count). The Bertz CT molecular complexity index is 475. The number of hydrogen-bond donors (Lipinski definition) is 1. The number of carbonyl (C=O) groups is 2. The first-order chi connectivity index (χ1) is 7.08. The van der Waals surface area contributed by atoms with Gasteiger partial charge in [-0.2, -0.15) is 0 Å². The van der Waals surface area contributed by atoms with Crippen LogP contribution in [0.15, 0.2) is 30.5 Å². The maximum atomic E-state index is 11.0. The van der Waals surface area contributed by atoms with E-state index in [0.29, 0.717) is 0 Å². The van der Waals surface area contributed by atoms with Gasteiger partial charge in [-0.1, -0.05) is 0 Å². The summed E-state index contributed by atoms with van der Waals surface area (Å²) in [5, 5.41) is 8.72. The number of esters is 1. The van der Waals surface area contributed by atoms with Gasteiger partial charge in [0.05, 0.1) is 5.56 Å². The first kappa shape index (κ1) is 9.26. The van der Waals surface area contributed by atoms with Crippen molar-refractivity contribution >= 4 is 11.9 Å². The Morgan fingerprint density at radius 1 is 1.27 bits per heavy atom. The van der Waals surface area contributed by atoms with Crippen molar-refractivity contribution < 1.29 is 24.2 Å². The van der Waals surface area contributed by atoms with Crippen LogP contribution in [0, 0.1) is 0 Å². The molecule has 1 aromatic rings. The van der Waals surface area contributed by atoms with Crippen LogP contribution in [0.3, 0.4) is 0 Å². The molecule has 0 aromatic heterocycles. The molecule has 0 aliphatic carbocycles. The van der Waals surface area contributed by atoms with Crippen LogP contribution in [0.25, 0.3) is 0 Å². The molecule has 0 saturated carbocycles. The number of fused-ring (bicyclic) bond motifs is 1. The van der Waals surface area contributed by atoms with Crippen molar-refractivity contribution in [1.82, 2.24) is 0 Å². The second-order valence-corrected chi connectivity index (χ2v) is 2.88. The first-order valence-corrected chi connectivity index (χ1v) is 4.04. The average molecular weight is 206 g/mol. The summed E-state index contributed by atoms with van der Waals surface area (Å²) in [7, 11) is 0.